The molecule has 22 heavy (non-hydrogen) atoms. The molecule has 1 saturated carbocycles. The molecular weight excluding hydrogens is 276 g/mol. The van der Waals surface area contributed by atoms with E-state index < -0.39 is 0 Å². The van der Waals surface area contributed by atoms with Gasteiger partial charge in [-0.3, -0.25) is 4.79 Å². The Labute approximate surface area is 131 Å². The number of aromatic nitrogens is 3. The lowest BCUT2D eigenvalue weighted by molar-refractivity contribution is -0.117. The first-order chi connectivity index (χ1) is 10.6. The SMILES string of the molecule is C#Cc1cn2nc(NC(=O)C3CC3)cc(C(C)C)c2n1.CC. The minimum atomic E-state index is 0.0452. The second-order valence-electron chi connectivity index (χ2n) is 5.44. The summed E-state index contributed by atoms with van der Waals surface area (Å²) in [6.07, 6.45) is 9.03. The normalized spacial score (nSPS) is 13.5. The number of hydrogen-bond donors (Lipinski definition) is 1. The second kappa shape index (κ2) is 6.61. The number of nitrogens with one attached hydrogen (secondary N) is 1. The zero-order valence-electron chi connectivity index (χ0n) is 13.6. The lowest BCUT2D eigenvalue weighted by Crippen LogP contribution is -2.16. The summed E-state index contributed by atoms with van der Waals surface area (Å²) in [7, 11) is 0. The number of terminal acetylenes is 1. The Kier molecular flexibility index (Phi) is 4.81. The molecule has 0 aliphatic heterocycles. The van der Waals surface area contributed by atoms with Crippen LogP contribution in [0.2, 0.25) is 0 Å². The molecule has 1 aliphatic rings. The predicted octanol–water partition coefficient (Wildman–Crippen LogP) is 3.21. The lowest BCUT2D eigenvalue weighted by Gasteiger charge is -2.10. The summed E-state index contributed by atoms with van der Waals surface area (Å²) in [5, 5.41) is 7.23. The van der Waals surface area contributed by atoms with E-state index in [1.807, 2.05) is 19.9 Å². The van der Waals surface area contributed by atoms with Gasteiger partial charge in [0.2, 0.25) is 5.91 Å². The Morgan fingerprint density at radius 2 is 2.14 bits per heavy atom. The van der Waals surface area contributed by atoms with E-state index in [1.165, 1.54) is 0 Å². The largest absolute Gasteiger partial charge is 0.309 e. The Balaban J connectivity index is 0.000000847. The maximum Gasteiger partial charge on any atom is 0.228 e. The molecule has 0 atom stereocenters. The smallest absolute Gasteiger partial charge is 0.228 e. The third-order valence-electron chi connectivity index (χ3n) is 3.42. The summed E-state index contributed by atoms with van der Waals surface area (Å²) < 4.78 is 1.65. The van der Waals surface area contributed by atoms with Gasteiger partial charge in [-0.25, -0.2) is 9.50 Å². The molecule has 0 radical (unpaired) electrons. The number of amides is 1. The topological polar surface area (TPSA) is 59.3 Å². The molecule has 2 aromatic heterocycles. The van der Waals surface area contributed by atoms with Crippen molar-refractivity contribution in [2.45, 2.75) is 46.5 Å². The third kappa shape index (κ3) is 3.28. The van der Waals surface area contributed by atoms with Crippen molar-refractivity contribution in [2.24, 2.45) is 5.92 Å². The molecule has 116 valence electrons. The monoisotopic (exact) mass is 298 g/mol. The van der Waals surface area contributed by atoms with Gasteiger partial charge in [0.15, 0.2) is 11.5 Å². The molecular formula is C17H22N4O. The van der Waals surface area contributed by atoms with Crippen molar-refractivity contribution in [1.82, 2.24) is 14.6 Å². The summed E-state index contributed by atoms with van der Waals surface area (Å²) in [6, 6.07) is 1.88. The highest BCUT2D eigenvalue weighted by molar-refractivity contribution is 5.93. The summed E-state index contributed by atoms with van der Waals surface area (Å²) in [5.74, 6) is 3.53. The zero-order valence-corrected chi connectivity index (χ0v) is 13.6. The maximum atomic E-state index is 11.8. The van der Waals surface area contributed by atoms with Crippen LogP contribution in [0.4, 0.5) is 5.82 Å². The third-order valence-corrected chi connectivity index (χ3v) is 3.42. The standard InChI is InChI=1S/C15H16N4O.C2H6/c1-4-11-8-19-14(16-11)12(9(2)3)7-13(18-19)17-15(20)10-5-6-10;1-2/h1,7-10H,5-6H2,2-3H3,(H,17,18,20);1-2H3. The van der Waals surface area contributed by atoms with Crippen LogP contribution in [-0.4, -0.2) is 20.5 Å². The van der Waals surface area contributed by atoms with E-state index in [4.69, 9.17) is 6.42 Å². The van der Waals surface area contributed by atoms with Crippen LogP contribution in [-0.2, 0) is 4.79 Å². The van der Waals surface area contributed by atoms with Gasteiger partial charge < -0.3 is 5.32 Å². The fourth-order valence-electron chi connectivity index (χ4n) is 2.13. The molecule has 0 bridgehead atoms. The molecule has 5 heteroatoms. The first-order valence-electron chi connectivity index (χ1n) is 7.76. The molecule has 2 heterocycles. The van der Waals surface area contributed by atoms with Crippen LogP contribution < -0.4 is 5.32 Å². The van der Waals surface area contributed by atoms with Crippen molar-refractivity contribution >= 4 is 17.4 Å². The molecule has 0 saturated heterocycles. The number of carbonyl (C=O) groups is 1. The van der Waals surface area contributed by atoms with Gasteiger partial charge in [-0.05, 0) is 30.7 Å². The molecule has 0 spiro atoms. The molecule has 1 N–H and O–H groups in total. The number of nitrogens with zero attached hydrogens (tertiary/aromatic N) is 3. The van der Waals surface area contributed by atoms with Gasteiger partial charge in [-0.2, -0.15) is 0 Å². The Morgan fingerprint density at radius 1 is 1.45 bits per heavy atom. The van der Waals surface area contributed by atoms with Gasteiger partial charge in [-0.1, -0.05) is 27.7 Å². The van der Waals surface area contributed by atoms with E-state index in [0.717, 1.165) is 24.1 Å². The van der Waals surface area contributed by atoms with Gasteiger partial charge in [-0.15, -0.1) is 11.5 Å². The van der Waals surface area contributed by atoms with Gasteiger partial charge in [0.25, 0.3) is 0 Å². The van der Waals surface area contributed by atoms with E-state index in [2.05, 4.69) is 35.2 Å². The Hall–Kier alpha value is -2.35. The summed E-state index contributed by atoms with van der Waals surface area (Å²) >= 11 is 0. The van der Waals surface area contributed by atoms with Crippen molar-refractivity contribution in [3.05, 3.63) is 23.5 Å². The number of fused-ring (bicyclic) bond motifs is 1. The highest BCUT2D eigenvalue weighted by atomic mass is 16.2. The average Bonchev–Trinajstić information content (AvgIpc) is 3.28. The van der Waals surface area contributed by atoms with E-state index in [9.17, 15) is 4.79 Å². The van der Waals surface area contributed by atoms with Crippen LogP contribution in [0.25, 0.3) is 5.65 Å². The van der Waals surface area contributed by atoms with Crippen LogP contribution >= 0.6 is 0 Å². The Morgan fingerprint density at radius 3 is 2.68 bits per heavy atom. The van der Waals surface area contributed by atoms with E-state index in [-0.39, 0.29) is 17.7 Å². The molecule has 1 fully saturated rings. The first kappa shape index (κ1) is 16.0. The zero-order chi connectivity index (χ0) is 16.3. The second-order valence-corrected chi connectivity index (χ2v) is 5.44. The van der Waals surface area contributed by atoms with Crippen LogP contribution in [0.3, 0.4) is 0 Å². The van der Waals surface area contributed by atoms with Crippen molar-refractivity contribution < 1.29 is 4.79 Å². The van der Waals surface area contributed by atoms with Crippen LogP contribution in [0.1, 0.15) is 57.7 Å². The van der Waals surface area contributed by atoms with Crippen molar-refractivity contribution in [2.75, 3.05) is 5.32 Å². The fraction of sp³-hybridized carbons (Fsp3) is 0.471. The molecule has 0 aromatic carbocycles. The van der Waals surface area contributed by atoms with Gasteiger partial charge >= 0.3 is 0 Å². The van der Waals surface area contributed by atoms with Crippen LogP contribution in [0.15, 0.2) is 12.3 Å². The summed E-state index contributed by atoms with van der Waals surface area (Å²) in [6.45, 7) is 8.15. The highest BCUT2D eigenvalue weighted by Crippen LogP contribution is 2.30. The molecule has 2 aromatic rings. The number of hydrogen-bond acceptors (Lipinski definition) is 3. The van der Waals surface area contributed by atoms with Crippen LogP contribution in [0.5, 0.6) is 0 Å². The van der Waals surface area contributed by atoms with Crippen molar-refractivity contribution in [3.8, 4) is 12.3 Å². The molecule has 1 aliphatic carbocycles. The Bertz CT molecular complexity index is 720. The number of carbonyl (C=O) groups excluding carboxylic acids is 1. The van der Waals surface area contributed by atoms with Crippen LogP contribution in [0, 0.1) is 18.3 Å². The quantitative estimate of drug-likeness (QED) is 0.885. The van der Waals surface area contributed by atoms with Crippen molar-refractivity contribution in [3.63, 3.8) is 0 Å². The number of rotatable bonds is 3. The predicted molar refractivity (Wildman–Crippen MR) is 87.7 cm³/mol. The fourth-order valence-corrected chi connectivity index (χ4v) is 2.13. The van der Waals surface area contributed by atoms with E-state index >= 15 is 0 Å². The molecule has 0 unspecified atom stereocenters. The number of imidazole rings is 1. The van der Waals surface area contributed by atoms with E-state index in [1.54, 1.807) is 10.7 Å². The average molecular weight is 298 g/mol. The van der Waals surface area contributed by atoms with Gasteiger partial charge in [0, 0.05) is 11.5 Å². The van der Waals surface area contributed by atoms with Crippen molar-refractivity contribution in [1.29, 1.82) is 0 Å². The summed E-state index contributed by atoms with van der Waals surface area (Å²) in [4.78, 5) is 16.2. The van der Waals surface area contributed by atoms with Gasteiger partial charge in [0.05, 0.1) is 6.20 Å². The summed E-state index contributed by atoms with van der Waals surface area (Å²) in [5.41, 5.74) is 2.31. The minimum absolute atomic E-state index is 0.0452. The number of anilines is 1. The lowest BCUT2D eigenvalue weighted by atomic mass is 10.1. The minimum Gasteiger partial charge on any atom is -0.309 e. The first-order valence-corrected chi connectivity index (χ1v) is 7.76. The molecule has 5 nitrogen and oxygen atoms in total. The van der Waals surface area contributed by atoms with E-state index in [0.29, 0.717) is 11.5 Å². The molecule has 3 rings (SSSR count). The highest BCUT2D eigenvalue weighted by Gasteiger charge is 2.30. The maximum absolute atomic E-state index is 11.8. The molecule has 1 amide bonds. The van der Waals surface area contributed by atoms with Gasteiger partial charge in [0.1, 0.15) is 5.69 Å².